The molecule has 1 aromatic carbocycles. The van der Waals surface area contributed by atoms with Crippen molar-refractivity contribution in [1.82, 2.24) is 15.1 Å². The smallest absolute Gasteiger partial charge is 0.319 e. The molecular formula is C17H18N4O2S. The first-order valence-electron chi connectivity index (χ1n) is 7.50. The lowest BCUT2D eigenvalue weighted by Gasteiger charge is -2.14. The summed E-state index contributed by atoms with van der Waals surface area (Å²) in [4.78, 5) is 12.1. The molecule has 0 unspecified atom stereocenters. The zero-order valence-corrected chi connectivity index (χ0v) is 14.0. The predicted octanol–water partition coefficient (Wildman–Crippen LogP) is 3.10. The Morgan fingerprint density at radius 1 is 1.33 bits per heavy atom. The highest BCUT2D eigenvalue weighted by molar-refractivity contribution is 7.07. The Bertz CT molecular complexity index is 814. The zero-order valence-electron chi connectivity index (χ0n) is 13.1. The molecule has 24 heavy (non-hydrogen) atoms. The van der Waals surface area contributed by atoms with E-state index in [0.717, 1.165) is 16.9 Å². The maximum Gasteiger partial charge on any atom is 0.319 e. The molecule has 0 aliphatic rings. The fraction of sp³-hybridized carbons (Fsp3) is 0.176. The highest BCUT2D eigenvalue weighted by Gasteiger charge is 2.12. The lowest BCUT2D eigenvalue weighted by atomic mass is 10.2. The third-order valence-electron chi connectivity index (χ3n) is 3.60. The van der Waals surface area contributed by atoms with Crippen molar-refractivity contribution in [2.75, 3.05) is 11.9 Å². The largest absolute Gasteiger partial charge is 0.387 e. The van der Waals surface area contributed by atoms with E-state index < -0.39 is 6.10 Å². The van der Waals surface area contributed by atoms with E-state index in [-0.39, 0.29) is 12.6 Å². The second-order valence-electron chi connectivity index (χ2n) is 5.31. The van der Waals surface area contributed by atoms with Gasteiger partial charge >= 0.3 is 6.03 Å². The summed E-state index contributed by atoms with van der Waals surface area (Å²) in [5.41, 5.74) is 3.20. The number of anilines is 1. The molecule has 0 saturated carbocycles. The first-order chi connectivity index (χ1) is 11.6. The molecule has 3 rings (SSSR count). The van der Waals surface area contributed by atoms with Gasteiger partial charge < -0.3 is 15.7 Å². The molecule has 3 aromatic rings. The predicted molar refractivity (Wildman–Crippen MR) is 94.6 cm³/mol. The molecule has 0 aliphatic carbocycles. The van der Waals surface area contributed by atoms with Gasteiger partial charge in [0.2, 0.25) is 0 Å². The van der Waals surface area contributed by atoms with Crippen LogP contribution in [0.3, 0.4) is 0 Å². The number of aliphatic hydroxyl groups excluding tert-OH is 1. The van der Waals surface area contributed by atoms with Gasteiger partial charge in [0.05, 0.1) is 17.5 Å². The Morgan fingerprint density at radius 3 is 2.88 bits per heavy atom. The number of nitrogens with one attached hydrogen (secondary N) is 2. The topological polar surface area (TPSA) is 79.2 Å². The maximum absolute atomic E-state index is 12.1. The van der Waals surface area contributed by atoms with Crippen LogP contribution in [0.5, 0.6) is 0 Å². The van der Waals surface area contributed by atoms with Gasteiger partial charge in [-0.2, -0.15) is 16.4 Å². The van der Waals surface area contributed by atoms with E-state index >= 15 is 0 Å². The second kappa shape index (κ2) is 7.29. The first kappa shape index (κ1) is 16.2. The van der Waals surface area contributed by atoms with Crippen molar-refractivity contribution >= 4 is 23.1 Å². The number of hydrogen-bond acceptors (Lipinski definition) is 4. The summed E-state index contributed by atoms with van der Waals surface area (Å²) >= 11 is 1.51. The van der Waals surface area contributed by atoms with E-state index in [2.05, 4.69) is 15.7 Å². The van der Waals surface area contributed by atoms with Crippen molar-refractivity contribution in [2.45, 2.75) is 13.0 Å². The number of carbonyl (C=O) groups excluding carboxylic acids is 1. The molecule has 2 heterocycles. The van der Waals surface area contributed by atoms with Crippen LogP contribution in [0.25, 0.3) is 5.69 Å². The van der Waals surface area contributed by atoms with Crippen LogP contribution in [0.4, 0.5) is 10.5 Å². The van der Waals surface area contributed by atoms with Crippen molar-refractivity contribution in [3.63, 3.8) is 0 Å². The van der Waals surface area contributed by atoms with Gasteiger partial charge in [-0.1, -0.05) is 12.1 Å². The summed E-state index contributed by atoms with van der Waals surface area (Å²) in [5.74, 6) is 0. The molecule has 7 heteroatoms. The highest BCUT2D eigenvalue weighted by Crippen LogP contribution is 2.20. The van der Waals surface area contributed by atoms with Crippen LogP contribution in [0, 0.1) is 6.92 Å². The number of urea groups is 1. The summed E-state index contributed by atoms with van der Waals surface area (Å²) in [6.07, 6.45) is 0.995. The molecule has 0 aliphatic heterocycles. The van der Waals surface area contributed by atoms with Gasteiger partial charge in [-0.3, -0.25) is 0 Å². The number of rotatable bonds is 5. The van der Waals surface area contributed by atoms with Crippen LogP contribution < -0.4 is 10.6 Å². The Morgan fingerprint density at radius 2 is 2.17 bits per heavy atom. The third-order valence-corrected chi connectivity index (χ3v) is 4.30. The molecule has 3 N–H and O–H groups in total. The van der Waals surface area contributed by atoms with Gasteiger partial charge in [-0.25, -0.2) is 9.48 Å². The molecule has 6 nitrogen and oxygen atoms in total. The van der Waals surface area contributed by atoms with Gasteiger partial charge in [0, 0.05) is 18.4 Å². The molecular weight excluding hydrogens is 324 g/mol. The lowest BCUT2D eigenvalue weighted by molar-refractivity contribution is 0.175. The third kappa shape index (κ3) is 3.64. The molecule has 0 fully saturated rings. The van der Waals surface area contributed by atoms with Gasteiger partial charge in [0.15, 0.2) is 0 Å². The summed E-state index contributed by atoms with van der Waals surface area (Å²) in [6, 6.07) is 10.8. The molecule has 0 bridgehead atoms. The maximum atomic E-state index is 12.1. The molecule has 0 radical (unpaired) electrons. The zero-order chi connectivity index (χ0) is 16.9. The Balaban J connectivity index is 1.66. The first-order valence-corrected chi connectivity index (χ1v) is 8.44. The SMILES string of the molecule is Cc1ccnn1-c1ccccc1NC(=O)NC[C@H](O)c1ccsc1. The minimum absolute atomic E-state index is 0.144. The van der Waals surface area contributed by atoms with E-state index in [1.807, 2.05) is 54.1 Å². The number of para-hydroxylation sites is 2. The van der Waals surface area contributed by atoms with Crippen molar-refractivity contribution in [1.29, 1.82) is 0 Å². The molecule has 1 atom stereocenters. The Labute approximate surface area is 143 Å². The summed E-state index contributed by atoms with van der Waals surface area (Å²) in [6.45, 7) is 2.09. The van der Waals surface area contributed by atoms with Gasteiger partial charge in [0.1, 0.15) is 0 Å². The molecule has 0 spiro atoms. The number of aliphatic hydroxyl groups is 1. The molecule has 2 aromatic heterocycles. The average Bonchev–Trinajstić information content (AvgIpc) is 3.25. The summed E-state index contributed by atoms with van der Waals surface area (Å²) in [5, 5.41) is 23.5. The van der Waals surface area contributed by atoms with Crippen LogP contribution in [0.2, 0.25) is 0 Å². The minimum Gasteiger partial charge on any atom is -0.387 e. The van der Waals surface area contributed by atoms with Crippen molar-refractivity contribution < 1.29 is 9.90 Å². The minimum atomic E-state index is -0.717. The normalized spacial score (nSPS) is 11.9. The summed E-state index contributed by atoms with van der Waals surface area (Å²) in [7, 11) is 0. The van der Waals surface area contributed by atoms with Gasteiger partial charge in [-0.15, -0.1) is 0 Å². The Hall–Kier alpha value is -2.64. The second-order valence-corrected chi connectivity index (χ2v) is 6.09. The van der Waals surface area contributed by atoms with Crippen molar-refractivity contribution in [2.24, 2.45) is 0 Å². The van der Waals surface area contributed by atoms with Crippen LogP contribution >= 0.6 is 11.3 Å². The number of thiophene rings is 1. The van der Waals surface area contributed by atoms with Crippen LogP contribution in [0.15, 0.2) is 53.4 Å². The number of aryl methyl sites for hydroxylation is 1. The average molecular weight is 342 g/mol. The molecule has 2 amide bonds. The van der Waals surface area contributed by atoms with Crippen molar-refractivity contribution in [3.05, 3.63) is 64.6 Å². The van der Waals surface area contributed by atoms with Gasteiger partial charge in [0.25, 0.3) is 0 Å². The van der Waals surface area contributed by atoms with Crippen molar-refractivity contribution in [3.8, 4) is 5.69 Å². The quantitative estimate of drug-likeness (QED) is 0.666. The molecule has 0 saturated heterocycles. The molecule has 124 valence electrons. The Kier molecular flexibility index (Phi) is 4.93. The van der Waals surface area contributed by atoms with Gasteiger partial charge in [-0.05, 0) is 47.5 Å². The van der Waals surface area contributed by atoms with E-state index in [9.17, 15) is 9.90 Å². The fourth-order valence-corrected chi connectivity index (χ4v) is 3.03. The van der Waals surface area contributed by atoms with E-state index in [1.165, 1.54) is 11.3 Å². The highest BCUT2D eigenvalue weighted by atomic mass is 32.1. The number of nitrogens with zero attached hydrogens (tertiary/aromatic N) is 2. The number of benzene rings is 1. The number of amides is 2. The number of carbonyl (C=O) groups is 1. The van der Waals surface area contributed by atoms with E-state index in [1.54, 1.807) is 10.9 Å². The van der Waals surface area contributed by atoms with Crippen LogP contribution in [0.1, 0.15) is 17.4 Å². The van der Waals surface area contributed by atoms with E-state index in [4.69, 9.17) is 0 Å². The monoisotopic (exact) mass is 342 g/mol. The number of aromatic nitrogens is 2. The standard InChI is InChI=1S/C17H18N4O2S/c1-12-6-8-19-21(12)15-5-3-2-4-14(15)20-17(23)18-10-16(22)13-7-9-24-11-13/h2-9,11,16,22H,10H2,1H3,(H2,18,20,23)/t16-/m0/s1. The number of hydrogen-bond donors (Lipinski definition) is 3. The van der Waals surface area contributed by atoms with Crippen LogP contribution in [-0.4, -0.2) is 27.5 Å². The van der Waals surface area contributed by atoms with Crippen LogP contribution in [-0.2, 0) is 0 Å². The van der Waals surface area contributed by atoms with E-state index in [0.29, 0.717) is 5.69 Å². The summed E-state index contributed by atoms with van der Waals surface area (Å²) < 4.78 is 1.76. The fourth-order valence-electron chi connectivity index (χ4n) is 2.32. The lowest BCUT2D eigenvalue weighted by Crippen LogP contribution is -2.32.